The van der Waals surface area contributed by atoms with E-state index in [0.29, 0.717) is 35.0 Å². The number of fused-ring (bicyclic) bond motifs is 1. The van der Waals surface area contributed by atoms with Crippen molar-refractivity contribution in [2.45, 2.75) is 0 Å². The Morgan fingerprint density at radius 3 is 2.76 bits per heavy atom. The second-order valence-corrected chi connectivity index (χ2v) is 5.45. The fourth-order valence-corrected chi connectivity index (χ4v) is 2.55. The number of methoxy groups -OCH3 is 1. The average Bonchev–Trinajstić information content (AvgIpc) is 2.64. The molecule has 1 N–H and O–H groups in total. The van der Waals surface area contributed by atoms with E-state index in [1.165, 1.54) is 0 Å². The van der Waals surface area contributed by atoms with Crippen molar-refractivity contribution in [3.05, 3.63) is 60.7 Å². The van der Waals surface area contributed by atoms with Crippen LogP contribution in [0, 0.1) is 0 Å². The van der Waals surface area contributed by atoms with Gasteiger partial charge in [0, 0.05) is 17.8 Å². The molecule has 0 fully saturated rings. The lowest BCUT2D eigenvalue weighted by Crippen LogP contribution is -2.38. The zero-order valence-electron chi connectivity index (χ0n) is 13.8. The Bertz CT molecular complexity index is 815. The maximum absolute atomic E-state index is 12.4. The molecule has 0 aliphatic carbocycles. The maximum atomic E-state index is 12.4. The molecule has 0 atom stereocenters. The molecule has 0 bridgehead atoms. The molecular formula is C19H18N2O4. The summed E-state index contributed by atoms with van der Waals surface area (Å²) in [7, 11) is 1.57. The predicted octanol–water partition coefficient (Wildman–Crippen LogP) is 2.86. The van der Waals surface area contributed by atoms with Crippen molar-refractivity contribution in [2.75, 3.05) is 30.5 Å². The molecule has 2 aromatic rings. The van der Waals surface area contributed by atoms with Gasteiger partial charge in [-0.05, 0) is 42.5 Å². The second kappa shape index (κ2) is 7.09. The highest BCUT2D eigenvalue weighted by molar-refractivity contribution is 6.05. The van der Waals surface area contributed by atoms with Crippen molar-refractivity contribution >= 4 is 23.2 Å². The zero-order valence-corrected chi connectivity index (χ0v) is 13.8. The molecule has 0 radical (unpaired) electrons. The molecule has 0 aromatic heterocycles. The van der Waals surface area contributed by atoms with Gasteiger partial charge >= 0.3 is 0 Å². The number of rotatable bonds is 5. The summed E-state index contributed by atoms with van der Waals surface area (Å²) < 4.78 is 10.5. The standard InChI is InChI=1S/C19H18N2O4/c1-3-10-21-16-11-14(6-9-17(16)25-12-18(21)22)20-19(23)13-4-7-15(24-2)8-5-13/h3-9,11H,1,10,12H2,2H3,(H,20,23). The number of carbonyl (C=O) groups excluding carboxylic acids is 2. The molecule has 1 aliphatic heterocycles. The van der Waals surface area contributed by atoms with Gasteiger partial charge in [-0.15, -0.1) is 6.58 Å². The van der Waals surface area contributed by atoms with Crippen LogP contribution in [0.15, 0.2) is 55.1 Å². The van der Waals surface area contributed by atoms with Crippen LogP contribution in [0.5, 0.6) is 11.5 Å². The topological polar surface area (TPSA) is 67.9 Å². The summed E-state index contributed by atoms with van der Waals surface area (Å²) in [6, 6.07) is 12.0. The van der Waals surface area contributed by atoms with Crippen LogP contribution in [-0.4, -0.2) is 32.1 Å². The van der Waals surface area contributed by atoms with E-state index in [4.69, 9.17) is 9.47 Å². The Morgan fingerprint density at radius 2 is 2.08 bits per heavy atom. The average molecular weight is 338 g/mol. The minimum absolute atomic E-state index is 0.00159. The molecule has 128 valence electrons. The smallest absolute Gasteiger partial charge is 0.265 e. The first-order chi connectivity index (χ1) is 12.1. The van der Waals surface area contributed by atoms with E-state index < -0.39 is 0 Å². The summed E-state index contributed by atoms with van der Waals surface area (Å²) >= 11 is 0. The molecule has 1 aliphatic rings. The van der Waals surface area contributed by atoms with Gasteiger partial charge in [0.25, 0.3) is 11.8 Å². The van der Waals surface area contributed by atoms with Gasteiger partial charge in [-0.1, -0.05) is 6.08 Å². The fourth-order valence-electron chi connectivity index (χ4n) is 2.55. The number of hydrogen-bond donors (Lipinski definition) is 1. The molecule has 6 heteroatoms. The van der Waals surface area contributed by atoms with Gasteiger partial charge in [0.1, 0.15) is 11.5 Å². The molecule has 25 heavy (non-hydrogen) atoms. The van der Waals surface area contributed by atoms with Crippen molar-refractivity contribution < 1.29 is 19.1 Å². The maximum Gasteiger partial charge on any atom is 0.265 e. The van der Waals surface area contributed by atoms with Crippen molar-refractivity contribution in [1.82, 2.24) is 0 Å². The number of amides is 2. The van der Waals surface area contributed by atoms with E-state index >= 15 is 0 Å². The summed E-state index contributed by atoms with van der Waals surface area (Å²) in [6.07, 6.45) is 1.65. The Balaban J connectivity index is 1.82. The Labute approximate surface area is 145 Å². The molecule has 0 unspecified atom stereocenters. The number of benzene rings is 2. The van der Waals surface area contributed by atoms with Crippen LogP contribution >= 0.6 is 0 Å². The number of ether oxygens (including phenoxy) is 2. The van der Waals surface area contributed by atoms with E-state index in [2.05, 4.69) is 11.9 Å². The highest BCUT2D eigenvalue weighted by Crippen LogP contribution is 2.34. The van der Waals surface area contributed by atoms with Crippen molar-refractivity contribution in [1.29, 1.82) is 0 Å². The molecule has 0 saturated heterocycles. The second-order valence-electron chi connectivity index (χ2n) is 5.45. The van der Waals surface area contributed by atoms with Crippen LogP contribution in [0.25, 0.3) is 0 Å². The molecular weight excluding hydrogens is 320 g/mol. The zero-order chi connectivity index (χ0) is 17.8. The molecule has 2 amide bonds. The lowest BCUT2D eigenvalue weighted by Gasteiger charge is -2.28. The first kappa shape index (κ1) is 16.6. The van der Waals surface area contributed by atoms with E-state index in [-0.39, 0.29) is 18.4 Å². The van der Waals surface area contributed by atoms with Gasteiger partial charge < -0.3 is 19.7 Å². The largest absolute Gasteiger partial charge is 0.497 e. The number of anilines is 2. The van der Waals surface area contributed by atoms with Crippen molar-refractivity contribution in [3.8, 4) is 11.5 Å². The Kier molecular flexibility index (Phi) is 4.70. The molecule has 6 nitrogen and oxygen atoms in total. The number of hydrogen-bond acceptors (Lipinski definition) is 4. The highest BCUT2D eigenvalue weighted by atomic mass is 16.5. The SMILES string of the molecule is C=CCN1C(=O)COc2ccc(NC(=O)c3ccc(OC)cc3)cc21. The fraction of sp³-hybridized carbons (Fsp3) is 0.158. The van der Waals surface area contributed by atoms with Crippen molar-refractivity contribution in [2.24, 2.45) is 0 Å². The number of carbonyl (C=O) groups is 2. The van der Waals surface area contributed by atoms with Gasteiger partial charge in [0.05, 0.1) is 12.8 Å². The summed E-state index contributed by atoms with van der Waals surface area (Å²) in [5.41, 5.74) is 1.70. The van der Waals surface area contributed by atoms with E-state index in [1.807, 2.05) is 0 Å². The summed E-state index contributed by atoms with van der Waals surface area (Å²) in [6.45, 7) is 4.05. The van der Waals surface area contributed by atoms with Gasteiger partial charge in [0.2, 0.25) is 0 Å². The number of nitrogens with one attached hydrogen (secondary N) is 1. The third-order valence-corrected chi connectivity index (χ3v) is 3.82. The van der Waals surface area contributed by atoms with Crippen LogP contribution < -0.4 is 19.7 Å². The first-order valence-corrected chi connectivity index (χ1v) is 7.76. The van der Waals surface area contributed by atoms with Crippen LogP contribution in [-0.2, 0) is 4.79 Å². The number of nitrogens with zero attached hydrogens (tertiary/aromatic N) is 1. The lowest BCUT2D eigenvalue weighted by atomic mass is 10.1. The third kappa shape index (κ3) is 3.47. The van der Waals surface area contributed by atoms with Gasteiger partial charge in [-0.2, -0.15) is 0 Å². The van der Waals surface area contributed by atoms with Gasteiger partial charge in [0.15, 0.2) is 6.61 Å². The summed E-state index contributed by atoms with van der Waals surface area (Å²) in [4.78, 5) is 26.0. The predicted molar refractivity (Wildman–Crippen MR) is 95.4 cm³/mol. The minimum Gasteiger partial charge on any atom is -0.497 e. The lowest BCUT2D eigenvalue weighted by molar-refractivity contribution is -0.121. The normalized spacial score (nSPS) is 12.8. The van der Waals surface area contributed by atoms with E-state index in [1.54, 1.807) is 60.6 Å². The molecule has 0 saturated carbocycles. The Morgan fingerprint density at radius 1 is 1.32 bits per heavy atom. The Hall–Kier alpha value is -3.28. The van der Waals surface area contributed by atoms with Crippen LogP contribution in [0.4, 0.5) is 11.4 Å². The van der Waals surface area contributed by atoms with E-state index in [0.717, 1.165) is 0 Å². The third-order valence-electron chi connectivity index (χ3n) is 3.82. The van der Waals surface area contributed by atoms with Crippen molar-refractivity contribution in [3.63, 3.8) is 0 Å². The van der Waals surface area contributed by atoms with Gasteiger partial charge in [-0.25, -0.2) is 0 Å². The molecule has 3 rings (SSSR count). The first-order valence-electron chi connectivity index (χ1n) is 7.76. The van der Waals surface area contributed by atoms with E-state index in [9.17, 15) is 9.59 Å². The molecule has 2 aromatic carbocycles. The molecule has 0 spiro atoms. The van der Waals surface area contributed by atoms with Crippen LogP contribution in [0.1, 0.15) is 10.4 Å². The molecule has 1 heterocycles. The minimum atomic E-state index is -0.249. The summed E-state index contributed by atoms with van der Waals surface area (Å²) in [5.74, 6) is 0.886. The van der Waals surface area contributed by atoms with Gasteiger partial charge in [-0.3, -0.25) is 9.59 Å². The summed E-state index contributed by atoms with van der Waals surface area (Å²) in [5, 5.41) is 2.82. The monoisotopic (exact) mass is 338 g/mol. The highest BCUT2D eigenvalue weighted by Gasteiger charge is 2.25. The quantitative estimate of drug-likeness (QED) is 0.851. The van der Waals surface area contributed by atoms with Crippen LogP contribution in [0.2, 0.25) is 0 Å². The van der Waals surface area contributed by atoms with Crippen LogP contribution in [0.3, 0.4) is 0 Å².